The van der Waals surface area contributed by atoms with Crippen LogP contribution in [0.1, 0.15) is 39.9 Å². The lowest BCUT2D eigenvalue weighted by Gasteiger charge is -2.33. The number of hydrogen-bond acceptors (Lipinski definition) is 3. The number of aryl methyl sites for hydroxylation is 2. The topological polar surface area (TPSA) is 29.3 Å². The van der Waals surface area contributed by atoms with E-state index < -0.39 is 0 Å². The standard InChI is InChI=1S/C17H23ClN2S/c1-11-9-16(13(3)21-11)17(10-19)20(4)12(2)14-5-7-15(18)8-6-14/h5-9,12,17H,10,19H2,1-4H3. The van der Waals surface area contributed by atoms with Crippen molar-refractivity contribution in [3.63, 3.8) is 0 Å². The number of rotatable bonds is 5. The van der Waals surface area contributed by atoms with Gasteiger partial charge < -0.3 is 5.73 Å². The van der Waals surface area contributed by atoms with Crippen LogP contribution in [0.5, 0.6) is 0 Å². The van der Waals surface area contributed by atoms with Crippen LogP contribution >= 0.6 is 22.9 Å². The summed E-state index contributed by atoms with van der Waals surface area (Å²) in [6, 6.07) is 10.8. The molecule has 1 heterocycles. The second-order valence-corrected chi connectivity index (χ2v) is 7.41. The zero-order valence-electron chi connectivity index (χ0n) is 13.1. The van der Waals surface area contributed by atoms with Gasteiger partial charge in [-0.2, -0.15) is 0 Å². The van der Waals surface area contributed by atoms with Crippen LogP contribution < -0.4 is 5.73 Å². The highest BCUT2D eigenvalue weighted by molar-refractivity contribution is 7.12. The van der Waals surface area contributed by atoms with Crippen molar-refractivity contribution in [2.45, 2.75) is 32.9 Å². The molecule has 0 aliphatic rings. The Kier molecular flexibility index (Phi) is 5.44. The van der Waals surface area contributed by atoms with E-state index in [1.807, 2.05) is 23.5 Å². The summed E-state index contributed by atoms with van der Waals surface area (Å²) >= 11 is 7.81. The molecule has 0 saturated heterocycles. The maximum atomic E-state index is 6.07. The molecule has 0 bridgehead atoms. The first-order chi connectivity index (χ1) is 9.93. The summed E-state index contributed by atoms with van der Waals surface area (Å²) in [5.74, 6) is 0. The SMILES string of the molecule is Cc1cc(C(CN)N(C)C(C)c2ccc(Cl)cc2)c(C)s1. The van der Waals surface area contributed by atoms with E-state index in [-0.39, 0.29) is 12.1 Å². The Bertz CT molecular complexity index is 591. The zero-order chi connectivity index (χ0) is 15.6. The molecule has 0 radical (unpaired) electrons. The molecular formula is C17H23ClN2S. The average molecular weight is 323 g/mol. The molecule has 2 unspecified atom stereocenters. The van der Waals surface area contributed by atoms with E-state index >= 15 is 0 Å². The molecule has 0 spiro atoms. The monoisotopic (exact) mass is 322 g/mol. The Morgan fingerprint density at radius 3 is 2.33 bits per heavy atom. The van der Waals surface area contributed by atoms with Crippen molar-refractivity contribution in [3.8, 4) is 0 Å². The van der Waals surface area contributed by atoms with Crippen LogP contribution in [0.3, 0.4) is 0 Å². The van der Waals surface area contributed by atoms with Crippen LogP contribution in [0.4, 0.5) is 0 Å². The fourth-order valence-corrected chi connectivity index (χ4v) is 3.85. The van der Waals surface area contributed by atoms with E-state index in [4.69, 9.17) is 17.3 Å². The first-order valence-corrected chi connectivity index (χ1v) is 8.38. The molecule has 1 aromatic carbocycles. The van der Waals surface area contributed by atoms with Crippen LogP contribution in [-0.4, -0.2) is 18.5 Å². The summed E-state index contributed by atoms with van der Waals surface area (Å²) in [4.78, 5) is 5.05. The van der Waals surface area contributed by atoms with Gasteiger partial charge in [0.1, 0.15) is 0 Å². The summed E-state index contributed by atoms with van der Waals surface area (Å²) in [5.41, 5.74) is 8.67. The van der Waals surface area contributed by atoms with Crippen molar-refractivity contribution >= 4 is 22.9 Å². The minimum atomic E-state index is 0.237. The number of hydrogen-bond donors (Lipinski definition) is 1. The largest absolute Gasteiger partial charge is 0.329 e. The number of nitrogens with two attached hydrogens (primary N) is 1. The third-order valence-corrected chi connectivity index (χ3v) is 5.35. The van der Waals surface area contributed by atoms with Crippen molar-refractivity contribution in [1.29, 1.82) is 0 Å². The number of halogens is 1. The highest BCUT2D eigenvalue weighted by Crippen LogP contribution is 2.33. The summed E-state index contributed by atoms with van der Waals surface area (Å²) in [6.45, 7) is 7.15. The molecule has 21 heavy (non-hydrogen) atoms. The van der Waals surface area contributed by atoms with E-state index in [2.05, 4.69) is 50.9 Å². The lowest BCUT2D eigenvalue weighted by atomic mass is 10.0. The van der Waals surface area contributed by atoms with Gasteiger partial charge in [-0.1, -0.05) is 23.7 Å². The van der Waals surface area contributed by atoms with Gasteiger partial charge in [0.15, 0.2) is 0 Å². The van der Waals surface area contributed by atoms with Crippen molar-refractivity contribution < 1.29 is 0 Å². The summed E-state index contributed by atoms with van der Waals surface area (Å²) in [7, 11) is 2.14. The van der Waals surface area contributed by atoms with Crippen molar-refractivity contribution in [3.05, 3.63) is 56.2 Å². The Labute approximate surface area is 136 Å². The predicted octanol–water partition coefficient (Wildman–Crippen LogP) is 4.71. The fourth-order valence-electron chi connectivity index (χ4n) is 2.74. The third kappa shape index (κ3) is 3.67. The normalized spacial score (nSPS) is 14.4. The summed E-state index contributed by atoms with van der Waals surface area (Å²) in [5, 5.41) is 0.772. The molecule has 0 saturated carbocycles. The summed E-state index contributed by atoms with van der Waals surface area (Å²) < 4.78 is 0. The first-order valence-electron chi connectivity index (χ1n) is 7.18. The third-order valence-electron chi connectivity index (χ3n) is 4.12. The van der Waals surface area contributed by atoms with Crippen molar-refractivity contribution in [1.82, 2.24) is 4.90 Å². The first kappa shape index (κ1) is 16.5. The summed E-state index contributed by atoms with van der Waals surface area (Å²) in [6.07, 6.45) is 0. The number of nitrogens with zero attached hydrogens (tertiary/aromatic N) is 1. The molecule has 114 valence electrons. The Hall–Kier alpha value is -0.870. The Morgan fingerprint density at radius 2 is 1.86 bits per heavy atom. The van der Waals surface area contributed by atoms with Crippen molar-refractivity contribution in [2.24, 2.45) is 5.73 Å². The van der Waals surface area contributed by atoms with Gasteiger partial charge in [-0.15, -0.1) is 11.3 Å². The lowest BCUT2D eigenvalue weighted by molar-refractivity contribution is 0.190. The molecule has 2 rings (SSSR count). The molecule has 2 aromatic rings. The maximum Gasteiger partial charge on any atom is 0.0484 e. The van der Waals surface area contributed by atoms with E-state index in [1.165, 1.54) is 20.9 Å². The van der Waals surface area contributed by atoms with Crippen LogP contribution in [-0.2, 0) is 0 Å². The van der Waals surface area contributed by atoms with Crippen molar-refractivity contribution in [2.75, 3.05) is 13.6 Å². The van der Waals surface area contributed by atoms with Crippen LogP contribution in [0.15, 0.2) is 30.3 Å². The van der Waals surface area contributed by atoms with Gasteiger partial charge in [-0.05, 0) is 57.1 Å². The molecule has 2 nitrogen and oxygen atoms in total. The van der Waals surface area contributed by atoms with Gasteiger partial charge in [0.05, 0.1) is 0 Å². The minimum absolute atomic E-state index is 0.237. The fraction of sp³-hybridized carbons (Fsp3) is 0.412. The molecule has 2 N–H and O–H groups in total. The molecule has 1 aromatic heterocycles. The number of thiophene rings is 1. The average Bonchev–Trinajstić information content (AvgIpc) is 2.78. The molecule has 2 atom stereocenters. The quantitative estimate of drug-likeness (QED) is 0.863. The second kappa shape index (κ2) is 6.93. The molecule has 0 aliphatic heterocycles. The maximum absolute atomic E-state index is 6.07. The van der Waals surface area contributed by atoms with Gasteiger partial charge in [0.25, 0.3) is 0 Å². The van der Waals surface area contributed by atoms with Gasteiger partial charge in [0.2, 0.25) is 0 Å². The van der Waals surface area contributed by atoms with Gasteiger partial charge in [-0.3, -0.25) is 4.90 Å². The van der Waals surface area contributed by atoms with Gasteiger partial charge >= 0.3 is 0 Å². The van der Waals surface area contributed by atoms with E-state index in [0.29, 0.717) is 6.54 Å². The van der Waals surface area contributed by atoms with Crippen LogP contribution in [0, 0.1) is 13.8 Å². The van der Waals surface area contributed by atoms with E-state index in [9.17, 15) is 0 Å². The molecule has 0 amide bonds. The Morgan fingerprint density at radius 1 is 1.24 bits per heavy atom. The highest BCUT2D eigenvalue weighted by Gasteiger charge is 2.23. The number of likely N-dealkylation sites (N-methyl/N-ethyl adjacent to an activating group) is 1. The van der Waals surface area contributed by atoms with Crippen LogP contribution in [0.25, 0.3) is 0 Å². The number of benzene rings is 1. The molecular weight excluding hydrogens is 300 g/mol. The van der Waals surface area contributed by atoms with E-state index in [0.717, 1.165) is 5.02 Å². The highest BCUT2D eigenvalue weighted by atomic mass is 35.5. The predicted molar refractivity (Wildman–Crippen MR) is 93.2 cm³/mol. The molecule has 0 aliphatic carbocycles. The second-order valence-electron chi connectivity index (χ2n) is 5.51. The molecule has 0 fully saturated rings. The van der Waals surface area contributed by atoms with Gasteiger partial charge in [0, 0.05) is 33.4 Å². The smallest absolute Gasteiger partial charge is 0.0484 e. The lowest BCUT2D eigenvalue weighted by Crippen LogP contribution is -2.32. The Balaban J connectivity index is 2.25. The van der Waals surface area contributed by atoms with Crippen LogP contribution in [0.2, 0.25) is 5.02 Å². The minimum Gasteiger partial charge on any atom is -0.329 e. The zero-order valence-corrected chi connectivity index (χ0v) is 14.6. The van der Waals surface area contributed by atoms with Gasteiger partial charge in [-0.25, -0.2) is 0 Å². The molecule has 4 heteroatoms. The van der Waals surface area contributed by atoms with E-state index in [1.54, 1.807) is 0 Å².